The van der Waals surface area contributed by atoms with Crippen LogP contribution in [0.25, 0.3) is 22.0 Å². The molecule has 1 aromatic carbocycles. The summed E-state index contributed by atoms with van der Waals surface area (Å²) in [6, 6.07) is 8.98. The molecule has 11 heteroatoms. The number of carbonyl (C=O) groups is 1. The van der Waals surface area contributed by atoms with Crippen molar-refractivity contribution in [3.05, 3.63) is 65.6 Å². The number of ether oxygens (including phenoxy) is 1. The highest BCUT2D eigenvalue weighted by molar-refractivity contribution is 6.34. The Kier molecular flexibility index (Phi) is 6.68. The van der Waals surface area contributed by atoms with Gasteiger partial charge in [0.25, 0.3) is 0 Å². The van der Waals surface area contributed by atoms with E-state index in [-0.39, 0.29) is 11.5 Å². The van der Waals surface area contributed by atoms with Crippen LogP contribution in [0.1, 0.15) is 39.3 Å². The van der Waals surface area contributed by atoms with Gasteiger partial charge in [-0.2, -0.15) is 0 Å². The summed E-state index contributed by atoms with van der Waals surface area (Å²) < 4.78 is 20.6. The van der Waals surface area contributed by atoms with Crippen molar-refractivity contribution in [3.8, 4) is 11.1 Å². The fourth-order valence-electron chi connectivity index (χ4n) is 5.48. The first kappa shape index (κ1) is 27.1. The van der Waals surface area contributed by atoms with Gasteiger partial charge in [-0.05, 0) is 64.3 Å². The molecule has 1 amide bonds. The monoisotopic (exact) mass is 575 g/mol. The number of alkyl carbamates (subject to hydrolysis) is 1. The van der Waals surface area contributed by atoms with Gasteiger partial charge >= 0.3 is 6.09 Å². The van der Waals surface area contributed by atoms with Gasteiger partial charge in [0, 0.05) is 47.4 Å². The number of nitrogens with zero attached hydrogens (tertiary/aromatic N) is 5. The van der Waals surface area contributed by atoms with E-state index in [9.17, 15) is 4.79 Å². The summed E-state index contributed by atoms with van der Waals surface area (Å²) in [4.78, 5) is 31.8. The van der Waals surface area contributed by atoms with Crippen LogP contribution < -0.4 is 15.5 Å². The van der Waals surface area contributed by atoms with Crippen molar-refractivity contribution in [2.24, 2.45) is 5.41 Å². The summed E-state index contributed by atoms with van der Waals surface area (Å²) in [7, 11) is 0. The molecule has 3 aromatic heterocycles. The number of anilines is 3. The van der Waals surface area contributed by atoms with Gasteiger partial charge in [-0.3, -0.25) is 4.98 Å². The first-order valence-electron chi connectivity index (χ1n) is 13.5. The summed E-state index contributed by atoms with van der Waals surface area (Å²) in [5.74, 6) is 0.567. The number of amides is 1. The van der Waals surface area contributed by atoms with Crippen molar-refractivity contribution in [1.82, 2.24) is 25.3 Å². The van der Waals surface area contributed by atoms with Crippen LogP contribution in [-0.2, 0) is 4.74 Å². The lowest BCUT2D eigenvalue weighted by Crippen LogP contribution is -2.44. The van der Waals surface area contributed by atoms with Crippen molar-refractivity contribution >= 4 is 45.9 Å². The zero-order valence-electron chi connectivity index (χ0n) is 23.3. The van der Waals surface area contributed by atoms with Gasteiger partial charge < -0.3 is 20.3 Å². The van der Waals surface area contributed by atoms with Gasteiger partial charge in [-0.15, -0.1) is 0 Å². The number of nitrogens with one attached hydrogen (secondary N) is 2. The molecule has 1 atom stereocenters. The zero-order valence-corrected chi connectivity index (χ0v) is 24.1. The normalized spacial score (nSPS) is 17.6. The molecule has 6 rings (SSSR count). The highest BCUT2D eigenvalue weighted by atomic mass is 35.5. The van der Waals surface area contributed by atoms with Crippen LogP contribution in [0, 0.1) is 18.2 Å². The number of rotatable bonds is 5. The first-order valence-corrected chi connectivity index (χ1v) is 13.9. The van der Waals surface area contributed by atoms with Crippen molar-refractivity contribution in [2.45, 2.75) is 52.2 Å². The van der Waals surface area contributed by atoms with Gasteiger partial charge in [0.15, 0.2) is 0 Å². The number of pyridine rings is 2. The molecule has 212 valence electrons. The second-order valence-corrected chi connectivity index (χ2v) is 12.3. The number of fused-ring (bicyclic) bond motifs is 1. The molecular weight excluding hydrogens is 545 g/mol. The second-order valence-electron chi connectivity index (χ2n) is 11.8. The largest absolute Gasteiger partial charge is 0.444 e. The number of aryl methyl sites for hydroxylation is 1. The third-order valence-electron chi connectivity index (χ3n) is 7.57. The number of hydrogen-bond donors (Lipinski definition) is 2. The van der Waals surface area contributed by atoms with E-state index < -0.39 is 17.5 Å². The minimum atomic E-state index is -0.578. The molecule has 1 spiro atoms. The molecule has 0 radical (unpaired) electrons. The molecular formula is C30H31ClFN7O2. The predicted molar refractivity (Wildman–Crippen MR) is 157 cm³/mol. The minimum absolute atomic E-state index is 0.0233. The zero-order chi connectivity index (χ0) is 28.9. The molecule has 2 N–H and O–H groups in total. The topological polar surface area (TPSA) is 105 Å². The third-order valence-corrected chi connectivity index (χ3v) is 7.85. The van der Waals surface area contributed by atoms with Crippen LogP contribution in [0.4, 0.5) is 26.5 Å². The van der Waals surface area contributed by atoms with E-state index in [0.29, 0.717) is 34.3 Å². The van der Waals surface area contributed by atoms with E-state index in [1.807, 2.05) is 45.9 Å². The Balaban J connectivity index is 1.33. The van der Waals surface area contributed by atoms with E-state index in [2.05, 4.69) is 35.5 Å². The van der Waals surface area contributed by atoms with E-state index in [4.69, 9.17) is 16.3 Å². The third kappa shape index (κ3) is 5.61. The number of benzene rings is 1. The minimum Gasteiger partial charge on any atom is -0.444 e. The molecule has 4 heterocycles. The fraction of sp³-hybridized carbons (Fsp3) is 0.367. The van der Waals surface area contributed by atoms with Crippen LogP contribution >= 0.6 is 11.6 Å². The molecule has 9 nitrogen and oxygen atoms in total. The maximum Gasteiger partial charge on any atom is 0.407 e. The van der Waals surface area contributed by atoms with Gasteiger partial charge in [0.2, 0.25) is 0 Å². The summed E-state index contributed by atoms with van der Waals surface area (Å²) in [6.45, 7) is 8.74. The van der Waals surface area contributed by atoms with Crippen LogP contribution in [0.5, 0.6) is 0 Å². The summed E-state index contributed by atoms with van der Waals surface area (Å²) >= 11 is 6.77. The van der Waals surface area contributed by atoms with Gasteiger partial charge in [-0.1, -0.05) is 17.7 Å². The quantitative estimate of drug-likeness (QED) is 0.281. The Morgan fingerprint density at radius 2 is 1.88 bits per heavy atom. The Bertz CT molecular complexity index is 1650. The standard InChI is InChI=1S/C30H31ClFN7O2/c1-17-9-25(36-16-35-17)38-26-11-19(22(32)13-34-26)18-5-6-23-20(10-18)27(21(31)12-33-23)39-14-24(30(15-39)7-8-30)37-28(40)41-29(2,3)4/h5-6,9-13,16,24H,7-8,14-15H2,1-4H3,(H,37,40)(H,34,35,36,38)/t24-/m1/s1. The average molecular weight is 576 g/mol. The highest BCUT2D eigenvalue weighted by Crippen LogP contribution is 2.54. The SMILES string of the molecule is Cc1cc(Nc2cc(-c3ccc4ncc(Cl)c(N5C[C@@H](NC(=O)OC(C)(C)C)C6(CC6)C5)c4c3)c(F)cn2)ncn1. The van der Waals surface area contributed by atoms with Gasteiger partial charge in [-0.25, -0.2) is 24.1 Å². The summed E-state index contributed by atoms with van der Waals surface area (Å²) in [5.41, 5.74) is 2.80. The van der Waals surface area contributed by atoms with Crippen LogP contribution in [-0.4, -0.2) is 50.8 Å². The number of carbonyl (C=O) groups excluding carboxylic acids is 1. The summed E-state index contributed by atoms with van der Waals surface area (Å²) in [5, 5.41) is 7.52. The molecule has 1 saturated carbocycles. The number of halogens is 2. The van der Waals surface area contributed by atoms with E-state index in [1.54, 1.807) is 18.3 Å². The fourth-order valence-corrected chi connectivity index (χ4v) is 5.75. The lowest BCUT2D eigenvalue weighted by molar-refractivity contribution is 0.0493. The smallest absolute Gasteiger partial charge is 0.407 e. The highest BCUT2D eigenvalue weighted by Gasteiger charge is 2.56. The van der Waals surface area contributed by atoms with E-state index in [1.165, 1.54) is 12.5 Å². The molecule has 41 heavy (non-hydrogen) atoms. The van der Waals surface area contributed by atoms with Crippen molar-refractivity contribution < 1.29 is 13.9 Å². The van der Waals surface area contributed by atoms with Crippen molar-refractivity contribution in [2.75, 3.05) is 23.3 Å². The van der Waals surface area contributed by atoms with Crippen LogP contribution in [0.3, 0.4) is 0 Å². The van der Waals surface area contributed by atoms with Crippen LogP contribution in [0.15, 0.2) is 49.1 Å². The van der Waals surface area contributed by atoms with Gasteiger partial charge in [0.1, 0.15) is 29.4 Å². The maximum atomic E-state index is 15.1. The molecule has 1 saturated heterocycles. The Morgan fingerprint density at radius 1 is 1.10 bits per heavy atom. The van der Waals surface area contributed by atoms with Crippen molar-refractivity contribution in [1.29, 1.82) is 0 Å². The Morgan fingerprint density at radius 3 is 2.61 bits per heavy atom. The maximum absolute atomic E-state index is 15.1. The lowest BCUT2D eigenvalue weighted by atomic mass is 10.0. The lowest BCUT2D eigenvalue weighted by Gasteiger charge is -2.24. The average Bonchev–Trinajstić information content (AvgIpc) is 3.60. The van der Waals surface area contributed by atoms with Crippen LogP contribution in [0.2, 0.25) is 5.02 Å². The molecule has 0 unspecified atom stereocenters. The molecule has 1 aliphatic carbocycles. The molecule has 0 bridgehead atoms. The molecule has 2 aliphatic rings. The summed E-state index contributed by atoms with van der Waals surface area (Å²) in [6.07, 6.45) is 5.91. The molecule has 1 aliphatic heterocycles. The Labute approximate surface area is 242 Å². The molecule has 4 aromatic rings. The number of hydrogen-bond acceptors (Lipinski definition) is 8. The van der Waals surface area contributed by atoms with Crippen molar-refractivity contribution in [3.63, 3.8) is 0 Å². The van der Waals surface area contributed by atoms with E-state index >= 15 is 4.39 Å². The predicted octanol–water partition coefficient (Wildman–Crippen LogP) is 6.42. The Hall–Kier alpha value is -4.05. The van der Waals surface area contributed by atoms with Gasteiger partial charge in [0.05, 0.1) is 28.5 Å². The second kappa shape index (κ2) is 10.1. The first-order chi connectivity index (χ1) is 19.5. The van der Waals surface area contributed by atoms with E-state index in [0.717, 1.165) is 41.7 Å². The molecule has 2 fully saturated rings. The number of aromatic nitrogens is 4.